The summed E-state index contributed by atoms with van der Waals surface area (Å²) >= 11 is 0. The van der Waals surface area contributed by atoms with Crippen LogP contribution in [0.1, 0.15) is 40.5 Å². The molecule has 0 amide bonds. The molecule has 0 aromatic carbocycles. The zero-order valence-electron chi connectivity index (χ0n) is 27.0. The Morgan fingerprint density at radius 3 is 1.27 bits per heavy atom. The minimum Gasteiger partial charge on any atom is -0.481 e. The maximum absolute atomic E-state index is 10.3. The number of carboxylic acids is 4. The molecule has 22 heteroatoms. The Balaban J connectivity index is 0. The van der Waals surface area contributed by atoms with Crippen LogP contribution in [0.5, 0.6) is 0 Å². The highest BCUT2D eigenvalue weighted by molar-refractivity contribution is 5.63. The lowest BCUT2D eigenvalue weighted by atomic mass is 9.86. The second kappa shape index (κ2) is 23.6. The Morgan fingerprint density at radius 2 is 0.938 bits per heavy atom. The molecule has 1 saturated carbocycles. The summed E-state index contributed by atoms with van der Waals surface area (Å²) in [5.41, 5.74) is 23.8. The number of aliphatic hydroxyl groups excluding tert-OH is 6. The molecule has 2 heterocycles. The van der Waals surface area contributed by atoms with E-state index in [2.05, 4.69) is 0 Å². The molecule has 48 heavy (non-hydrogen) atoms. The molecule has 0 spiro atoms. The highest BCUT2D eigenvalue weighted by Crippen LogP contribution is 2.30. The van der Waals surface area contributed by atoms with Gasteiger partial charge in [0.25, 0.3) is 23.9 Å². The lowest BCUT2D eigenvalue weighted by Crippen LogP contribution is -2.65. The van der Waals surface area contributed by atoms with Crippen LogP contribution >= 0.6 is 0 Å². The molecule has 3 aliphatic rings. The van der Waals surface area contributed by atoms with Crippen LogP contribution in [0, 0.1) is 0 Å². The van der Waals surface area contributed by atoms with E-state index < -0.39 is 116 Å². The lowest BCUT2D eigenvalue weighted by Gasteiger charge is -2.46. The minimum atomic E-state index is -1.51. The van der Waals surface area contributed by atoms with Gasteiger partial charge in [0.1, 0.15) is 42.7 Å². The van der Waals surface area contributed by atoms with E-state index >= 15 is 0 Å². The van der Waals surface area contributed by atoms with Crippen LogP contribution < -0.4 is 22.9 Å². The van der Waals surface area contributed by atoms with Gasteiger partial charge in [-0.2, -0.15) is 0 Å². The van der Waals surface area contributed by atoms with Crippen molar-refractivity contribution in [3.8, 4) is 0 Å². The van der Waals surface area contributed by atoms with E-state index in [1.807, 2.05) is 0 Å². The van der Waals surface area contributed by atoms with Gasteiger partial charge in [0.05, 0.1) is 24.9 Å². The van der Waals surface area contributed by atoms with E-state index in [1.165, 1.54) is 0 Å². The van der Waals surface area contributed by atoms with Crippen LogP contribution in [0.3, 0.4) is 0 Å². The first-order valence-electron chi connectivity index (χ1n) is 14.4. The smallest absolute Gasteiger partial charge is 0.300 e. The molecule has 3 fully saturated rings. The summed E-state index contributed by atoms with van der Waals surface area (Å²) in [5.74, 6) is -3.33. The fourth-order valence-electron chi connectivity index (χ4n) is 4.30. The fourth-order valence-corrected chi connectivity index (χ4v) is 4.30. The molecule has 2 aliphatic heterocycles. The monoisotopic (exact) mass is 708 g/mol. The Hall–Kier alpha value is -2.68. The number of carboxylic acid groups (broad SMARTS) is 4. The second-order valence-electron chi connectivity index (χ2n) is 10.8. The summed E-state index contributed by atoms with van der Waals surface area (Å²) in [6.45, 7) is 3.73. The Bertz CT molecular complexity index is 848. The molecule has 3 rings (SSSR count). The quantitative estimate of drug-likeness (QED) is 0.122. The van der Waals surface area contributed by atoms with Crippen LogP contribution in [0.4, 0.5) is 0 Å². The molecular formula is C26H52N4O18. The number of aliphatic carboxylic acids is 4. The van der Waals surface area contributed by atoms with Gasteiger partial charge in [-0.25, -0.2) is 0 Å². The van der Waals surface area contributed by atoms with E-state index in [1.54, 1.807) is 0 Å². The third-order valence-electron chi connectivity index (χ3n) is 6.42. The summed E-state index contributed by atoms with van der Waals surface area (Å²) in [6.07, 6.45) is -12.4. The van der Waals surface area contributed by atoms with Crippen molar-refractivity contribution in [1.82, 2.24) is 0 Å². The Kier molecular flexibility index (Phi) is 23.4. The number of rotatable bonds is 6. The van der Waals surface area contributed by atoms with E-state index in [9.17, 15) is 30.6 Å². The SMILES string of the molecule is CC(=O)O.CC(=O)O.CC(=O)O.CC(=O)O.NC[C@H]1O[C@H](O[C@@H]2C[C@@H](N)[C@H](O[C@H]3O[C@H](CO)[C@@H](O)[C@H](N)[C@H]3O)C[C@H]2N)[C@H](O)[C@@H](O)[C@@H]1O. The van der Waals surface area contributed by atoms with E-state index in [-0.39, 0.29) is 19.4 Å². The molecule has 18 N–H and O–H groups in total. The number of hydrogen-bond acceptors (Lipinski definition) is 18. The molecule has 22 nitrogen and oxygen atoms in total. The third-order valence-corrected chi connectivity index (χ3v) is 6.42. The van der Waals surface area contributed by atoms with Gasteiger partial charge in [-0.3, -0.25) is 19.2 Å². The van der Waals surface area contributed by atoms with Gasteiger partial charge in [0.15, 0.2) is 12.6 Å². The molecule has 0 radical (unpaired) electrons. The van der Waals surface area contributed by atoms with Gasteiger partial charge in [0.2, 0.25) is 0 Å². The van der Waals surface area contributed by atoms with Crippen molar-refractivity contribution in [3.05, 3.63) is 0 Å². The van der Waals surface area contributed by atoms with Crippen LogP contribution in [0.15, 0.2) is 0 Å². The van der Waals surface area contributed by atoms with Gasteiger partial charge >= 0.3 is 0 Å². The van der Waals surface area contributed by atoms with Gasteiger partial charge in [-0.1, -0.05) is 0 Å². The maximum Gasteiger partial charge on any atom is 0.300 e. The van der Waals surface area contributed by atoms with Crippen molar-refractivity contribution in [3.63, 3.8) is 0 Å². The average molecular weight is 709 g/mol. The second-order valence-corrected chi connectivity index (χ2v) is 10.8. The van der Waals surface area contributed by atoms with Crippen molar-refractivity contribution < 1.29 is 89.2 Å². The van der Waals surface area contributed by atoms with Crippen molar-refractivity contribution in [2.24, 2.45) is 22.9 Å². The van der Waals surface area contributed by atoms with Crippen molar-refractivity contribution in [1.29, 1.82) is 0 Å². The summed E-state index contributed by atoms with van der Waals surface area (Å²) in [4.78, 5) is 36.0. The predicted octanol–water partition coefficient (Wildman–Crippen LogP) is -5.90. The molecule has 0 bridgehead atoms. The summed E-state index contributed by atoms with van der Waals surface area (Å²) < 4.78 is 22.5. The van der Waals surface area contributed by atoms with Crippen molar-refractivity contribution >= 4 is 23.9 Å². The highest BCUT2D eigenvalue weighted by atomic mass is 16.7. The lowest BCUT2D eigenvalue weighted by molar-refractivity contribution is -0.314. The predicted molar refractivity (Wildman–Crippen MR) is 160 cm³/mol. The van der Waals surface area contributed by atoms with E-state index in [0.717, 1.165) is 27.7 Å². The molecule has 284 valence electrons. The van der Waals surface area contributed by atoms with Crippen LogP contribution in [0.2, 0.25) is 0 Å². The number of hydrogen-bond donors (Lipinski definition) is 14. The summed E-state index contributed by atoms with van der Waals surface area (Å²) in [7, 11) is 0. The fraction of sp³-hybridized carbons (Fsp3) is 0.846. The Labute approximate surface area is 275 Å². The molecule has 14 atom stereocenters. The summed E-state index contributed by atoms with van der Waals surface area (Å²) in [5, 5.41) is 89.4. The maximum atomic E-state index is 10.3. The van der Waals surface area contributed by atoms with Gasteiger partial charge in [-0.05, 0) is 12.8 Å². The van der Waals surface area contributed by atoms with Gasteiger partial charge in [0, 0.05) is 46.3 Å². The minimum absolute atomic E-state index is 0.0909. The number of ether oxygens (including phenoxy) is 4. The number of carbonyl (C=O) groups is 4. The summed E-state index contributed by atoms with van der Waals surface area (Å²) in [6, 6.07) is -2.32. The largest absolute Gasteiger partial charge is 0.481 e. The first-order valence-corrected chi connectivity index (χ1v) is 14.4. The highest BCUT2D eigenvalue weighted by Gasteiger charge is 2.48. The molecule has 0 aromatic rings. The van der Waals surface area contributed by atoms with Gasteiger partial charge in [-0.15, -0.1) is 0 Å². The zero-order chi connectivity index (χ0) is 38.0. The molecular weight excluding hydrogens is 656 g/mol. The first kappa shape index (κ1) is 47.4. The van der Waals surface area contributed by atoms with Crippen LogP contribution in [-0.4, -0.2) is 174 Å². The first-order chi connectivity index (χ1) is 22.0. The molecule has 0 aromatic heterocycles. The topological polar surface area (TPSA) is 412 Å². The average Bonchev–Trinajstić information content (AvgIpc) is 2.94. The van der Waals surface area contributed by atoms with Crippen molar-refractivity contribution in [2.45, 2.75) is 126 Å². The van der Waals surface area contributed by atoms with Crippen LogP contribution in [-0.2, 0) is 38.1 Å². The molecule has 2 saturated heterocycles. The van der Waals surface area contributed by atoms with E-state index in [0.29, 0.717) is 0 Å². The standard InChI is InChI=1S/C18H36N4O10.4C2H4O2/c19-3-9-13(25)15(27)16(28)18(31-9)30-8-2-5(20)7(1-6(8)21)29-17-14(26)11(22)12(24)10(4-23)32-17;4*1-2(3)4/h5-18,23-28H,1-4,19-22H2;4*1H3,(H,3,4)/t5-,6-,7-,8-,9-,10-,11+,12-,13-,14-,15+,16-,17+,18+;;;;/m1..../s1. The van der Waals surface area contributed by atoms with E-state index in [4.69, 9.17) is 81.5 Å². The third kappa shape index (κ3) is 18.2. The molecule has 1 aliphatic carbocycles. The zero-order valence-corrected chi connectivity index (χ0v) is 27.0. The van der Waals surface area contributed by atoms with Crippen LogP contribution in [0.25, 0.3) is 0 Å². The Morgan fingerprint density at radius 1 is 0.604 bits per heavy atom. The van der Waals surface area contributed by atoms with Crippen molar-refractivity contribution in [2.75, 3.05) is 13.2 Å². The number of aliphatic hydroxyl groups is 6. The van der Waals surface area contributed by atoms with Gasteiger partial charge < -0.3 is 92.9 Å². The number of nitrogens with two attached hydrogens (primary N) is 4. The normalized spacial score (nSPS) is 37.2. The molecule has 0 unspecified atom stereocenters.